The molecule has 1 aromatic heterocycles. The average Bonchev–Trinajstić information content (AvgIpc) is 2.59. The van der Waals surface area contributed by atoms with Crippen molar-refractivity contribution in [3.63, 3.8) is 0 Å². The molecule has 1 heterocycles. The maximum Gasteiger partial charge on any atom is 0.136 e. The predicted molar refractivity (Wildman–Crippen MR) is 95.9 cm³/mol. The minimum Gasteiger partial charge on any atom is -0.457 e. The summed E-state index contributed by atoms with van der Waals surface area (Å²) in [4.78, 5) is 12.6. The zero-order chi connectivity index (χ0) is 18.7. The van der Waals surface area contributed by atoms with Gasteiger partial charge in [0.1, 0.15) is 29.5 Å². The third-order valence-corrected chi connectivity index (χ3v) is 3.91. The molecule has 0 aliphatic heterocycles. The van der Waals surface area contributed by atoms with Gasteiger partial charge in [0.25, 0.3) is 0 Å². The second-order valence-electron chi connectivity index (χ2n) is 5.69. The van der Waals surface area contributed by atoms with E-state index in [0.29, 0.717) is 22.6 Å². The van der Waals surface area contributed by atoms with Crippen LogP contribution in [0, 0.1) is 25.5 Å². The van der Waals surface area contributed by atoms with E-state index in [1.54, 1.807) is 25.2 Å². The molecule has 0 spiro atoms. The Morgan fingerprint density at radius 1 is 0.962 bits per heavy atom. The Bertz CT molecular complexity index is 966. The van der Waals surface area contributed by atoms with Crippen LogP contribution in [0.2, 0.25) is 0 Å². The van der Waals surface area contributed by atoms with E-state index in [0.717, 1.165) is 11.4 Å². The molecule has 0 atom stereocenters. The summed E-state index contributed by atoms with van der Waals surface area (Å²) >= 11 is 0. The normalized spacial score (nSPS) is 11.5. The molecular weight excluding hydrogens is 336 g/mol. The maximum atomic E-state index is 14.7. The lowest BCUT2D eigenvalue weighted by Gasteiger charge is -2.13. The molecule has 0 amide bonds. The van der Waals surface area contributed by atoms with Crippen molar-refractivity contribution in [1.82, 2.24) is 9.97 Å². The van der Waals surface area contributed by atoms with Crippen molar-refractivity contribution in [2.24, 2.45) is 4.99 Å². The van der Waals surface area contributed by atoms with Crippen molar-refractivity contribution in [1.29, 1.82) is 0 Å². The van der Waals surface area contributed by atoms with Crippen LogP contribution in [0.5, 0.6) is 11.5 Å². The van der Waals surface area contributed by atoms with Gasteiger partial charge in [-0.25, -0.2) is 18.7 Å². The fourth-order valence-corrected chi connectivity index (χ4v) is 2.72. The van der Waals surface area contributed by atoms with Crippen molar-refractivity contribution in [2.75, 3.05) is 7.05 Å². The van der Waals surface area contributed by atoms with Crippen molar-refractivity contribution in [3.05, 3.63) is 82.9 Å². The lowest BCUT2D eigenvalue weighted by molar-refractivity contribution is 0.471. The quantitative estimate of drug-likeness (QED) is 0.643. The third kappa shape index (κ3) is 3.59. The van der Waals surface area contributed by atoms with Crippen molar-refractivity contribution >= 4 is 5.71 Å². The number of benzene rings is 2. The molecule has 4 nitrogen and oxygen atoms in total. The molecule has 0 saturated carbocycles. The van der Waals surface area contributed by atoms with Crippen LogP contribution in [0.3, 0.4) is 0 Å². The third-order valence-electron chi connectivity index (χ3n) is 3.91. The minimum atomic E-state index is -0.498. The highest BCUT2D eigenvalue weighted by atomic mass is 19.1. The van der Waals surface area contributed by atoms with Crippen LogP contribution in [-0.4, -0.2) is 22.7 Å². The second kappa shape index (κ2) is 7.39. The molecule has 0 N–H and O–H groups in total. The van der Waals surface area contributed by atoms with Crippen LogP contribution in [-0.2, 0) is 0 Å². The first kappa shape index (κ1) is 17.7. The number of hydrogen-bond donors (Lipinski definition) is 0. The van der Waals surface area contributed by atoms with Gasteiger partial charge in [-0.1, -0.05) is 6.07 Å². The molecule has 0 aliphatic carbocycles. The summed E-state index contributed by atoms with van der Waals surface area (Å²) in [6, 6.07) is 10.1. The lowest BCUT2D eigenvalue weighted by atomic mass is 9.99. The molecule has 0 radical (unpaired) electrons. The molecule has 0 unspecified atom stereocenters. The highest BCUT2D eigenvalue weighted by Crippen LogP contribution is 2.26. The molecule has 132 valence electrons. The van der Waals surface area contributed by atoms with E-state index in [1.165, 1.54) is 30.6 Å². The number of ether oxygens (including phenoxy) is 1. The summed E-state index contributed by atoms with van der Waals surface area (Å²) in [5.41, 5.74) is 2.93. The van der Waals surface area contributed by atoms with Gasteiger partial charge in [-0.05, 0) is 38.1 Å². The Kier molecular flexibility index (Phi) is 5.02. The fraction of sp³-hybridized carbons (Fsp3) is 0.150. The van der Waals surface area contributed by atoms with Crippen LogP contribution < -0.4 is 4.74 Å². The Morgan fingerprint density at radius 2 is 1.65 bits per heavy atom. The summed E-state index contributed by atoms with van der Waals surface area (Å²) in [5, 5.41) is 0. The molecule has 3 rings (SSSR count). The van der Waals surface area contributed by atoms with E-state index >= 15 is 0 Å². The van der Waals surface area contributed by atoms with E-state index < -0.39 is 11.6 Å². The van der Waals surface area contributed by atoms with Crippen LogP contribution in [0.15, 0.2) is 53.8 Å². The monoisotopic (exact) mass is 353 g/mol. The topological polar surface area (TPSA) is 47.4 Å². The van der Waals surface area contributed by atoms with E-state index in [9.17, 15) is 8.78 Å². The van der Waals surface area contributed by atoms with Crippen LogP contribution in [0.25, 0.3) is 0 Å². The van der Waals surface area contributed by atoms with Gasteiger partial charge in [0.15, 0.2) is 0 Å². The first-order chi connectivity index (χ1) is 12.5. The highest BCUT2D eigenvalue weighted by Gasteiger charge is 2.18. The Balaban J connectivity index is 1.96. The Labute approximate surface area is 150 Å². The number of aryl methyl sites for hydroxylation is 2. The number of aromatic nitrogens is 2. The molecule has 6 heteroatoms. The van der Waals surface area contributed by atoms with Gasteiger partial charge in [-0.3, -0.25) is 4.99 Å². The zero-order valence-electron chi connectivity index (χ0n) is 14.6. The minimum absolute atomic E-state index is 0.269. The Hall–Kier alpha value is -3.15. The number of hydrogen-bond acceptors (Lipinski definition) is 4. The van der Waals surface area contributed by atoms with Gasteiger partial charge < -0.3 is 4.74 Å². The first-order valence-corrected chi connectivity index (χ1v) is 7.98. The van der Waals surface area contributed by atoms with Crippen molar-refractivity contribution < 1.29 is 13.5 Å². The predicted octanol–water partition coefficient (Wildman–Crippen LogP) is 4.63. The van der Waals surface area contributed by atoms with Crippen LogP contribution >= 0.6 is 0 Å². The average molecular weight is 353 g/mol. The molecular formula is C20H17F2N3O. The summed E-state index contributed by atoms with van der Waals surface area (Å²) in [7, 11) is 1.60. The first-order valence-electron chi connectivity index (χ1n) is 7.98. The van der Waals surface area contributed by atoms with Gasteiger partial charge >= 0.3 is 0 Å². The number of halogens is 2. The maximum absolute atomic E-state index is 14.7. The van der Waals surface area contributed by atoms with Crippen molar-refractivity contribution in [3.8, 4) is 11.5 Å². The van der Waals surface area contributed by atoms with Crippen LogP contribution in [0.1, 0.15) is 22.5 Å². The molecule has 3 aromatic rings. The largest absolute Gasteiger partial charge is 0.457 e. The highest BCUT2D eigenvalue weighted by molar-refractivity contribution is 6.14. The summed E-state index contributed by atoms with van der Waals surface area (Å²) in [6.45, 7) is 3.66. The Morgan fingerprint density at radius 3 is 2.27 bits per heavy atom. The summed E-state index contributed by atoms with van der Waals surface area (Å²) < 4.78 is 33.5. The van der Waals surface area contributed by atoms with Gasteiger partial charge in [-0.2, -0.15) is 0 Å². The number of aliphatic imine (C=N–C) groups is 1. The fourth-order valence-electron chi connectivity index (χ4n) is 2.72. The van der Waals surface area contributed by atoms with Crippen molar-refractivity contribution in [2.45, 2.75) is 13.8 Å². The van der Waals surface area contributed by atoms with E-state index in [2.05, 4.69) is 15.0 Å². The molecule has 0 saturated heterocycles. The standard InChI is InChI=1S/C20H17F2N3O/c1-12-19(13(2)25-11-24-12)20(23-3)17-8-7-16(10-18(17)22)26-15-6-4-5-14(21)9-15/h4-11H,1-3H3. The van der Waals surface area contributed by atoms with E-state index in [4.69, 9.17) is 4.74 Å². The van der Waals surface area contributed by atoms with E-state index in [1.807, 2.05) is 13.8 Å². The molecule has 0 aliphatic rings. The van der Waals surface area contributed by atoms with Crippen LogP contribution in [0.4, 0.5) is 8.78 Å². The molecule has 0 bridgehead atoms. The summed E-state index contributed by atoms with van der Waals surface area (Å²) in [5.74, 6) is -0.355. The number of nitrogens with zero attached hydrogens (tertiary/aromatic N) is 3. The molecule has 26 heavy (non-hydrogen) atoms. The van der Waals surface area contributed by atoms with Gasteiger partial charge in [-0.15, -0.1) is 0 Å². The second-order valence-corrected chi connectivity index (χ2v) is 5.69. The lowest BCUT2D eigenvalue weighted by Crippen LogP contribution is -2.12. The number of rotatable bonds is 4. The molecule has 2 aromatic carbocycles. The summed E-state index contributed by atoms with van der Waals surface area (Å²) in [6.07, 6.45) is 1.47. The van der Waals surface area contributed by atoms with Gasteiger partial charge in [0.05, 0.1) is 17.1 Å². The van der Waals surface area contributed by atoms with Gasteiger partial charge in [0, 0.05) is 30.3 Å². The zero-order valence-corrected chi connectivity index (χ0v) is 14.6. The van der Waals surface area contributed by atoms with Gasteiger partial charge in [0.2, 0.25) is 0 Å². The smallest absolute Gasteiger partial charge is 0.136 e. The SMILES string of the molecule is CN=C(c1ccc(Oc2cccc(F)c2)cc1F)c1c(C)ncnc1C. The van der Waals surface area contributed by atoms with E-state index in [-0.39, 0.29) is 5.75 Å². The molecule has 0 fully saturated rings.